The van der Waals surface area contributed by atoms with E-state index in [1.54, 1.807) is 14.0 Å². The molecule has 13 heavy (non-hydrogen) atoms. The van der Waals surface area contributed by atoms with Crippen LogP contribution in [-0.2, 0) is 9.53 Å². The third-order valence-electron chi connectivity index (χ3n) is 1.26. The maximum absolute atomic E-state index is 11.0. The van der Waals surface area contributed by atoms with Gasteiger partial charge in [0.2, 0.25) is 5.91 Å². The maximum Gasteiger partial charge on any atom is 0.230 e. The standard InChI is InChI=1S/C8H17NO3S/c1-7(10)5-9-8(11)6-13-4-3-12-2/h7,10H,3-6H2,1-2H3,(H,9,11). The van der Waals surface area contributed by atoms with Crippen LogP contribution < -0.4 is 5.32 Å². The van der Waals surface area contributed by atoms with Gasteiger partial charge in [0.05, 0.1) is 18.5 Å². The molecule has 0 aromatic heterocycles. The predicted octanol–water partition coefficient (Wildman–Crippen LogP) is -0.137. The second-order valence-electron chi connectivity index (χ2n) is 2.70. The number of hydrogen-bond donors (Lipinski definition) is 2. The molecule has 0 aromatic rings. The third kappa shape index (κ3) is 9.66. The monoisotopic (exact) mass is 207 g/mol. The summed E-state index contributed by atoms with van der Waals surface area (Å²) in [5.41, 5.74) is 0. The van der Waals surface area contributed by atoms with Gasteiger partial charge >= 0.3 is 0 Å². The minimum Gasteiger partial charge on any atom is -0.392 e. The first-order chi connectivity index (χ1) is 6.16. The number of carbonyl (C=O) groups excluding carboxylic acids is 1. The second-order valence-corrected chi connectivity index (χ2v) is 3.80. The molecule has 0 aliphatic rings. The van der Waals surface area contributed by atoms with E-state index in [1.165, 1.54) is 11.8 Å². The average molecular weight is 207 g/mol. The molecule has 5 heteroatoms. The van der Waals surface area contributed by atoms with E-state index in [9.17, 15) is 4.79 Å². The Morgan fingerprint density at radius 1 is 1.69 bits per heavy atom. The van der Waals surface area contributed by atoms with E-state index in [2.05, 4.69) is 5.32 Å². The van der Waals surface area contributed by atoms with Gasteiger partial charge in [-0.3, -0.25) is 4.79 Å². The molecule has 0 radical (unpaired) electrons. The molecule has 2 N–H and O–H groups in total. The molecule has 0 fully saturated rings. The number of ether oxygens (including phenoxy) is 1. The quantitative estimate of drug-likeness (QED) is 0.571. The fraction of sp³-hybridized carbons (Fsp3) is 0.875. The normalized spacial score (nSPS) is 12.5. The average Bonchev–Trinajstić information content (AvgIpc) is 2.09. The number of hydrogen-bond acceptors (Lipinski definition) is 4. The van der Waals surface area contributed by atoms with Gasteiger partial charge in [-0.05, 0) is 6.92 Å². The van der Waals surface area contributed by atoms with Crippen LogP contribution in [-0.4, -0.2) is 48.9 Å². The highest BCUT2D eigenvalue weighted by Gasteiger charge is 2.02. The SMILES string of the molecule is COCCSCC(=O)NCC(C)O. The van der Waals surface area contributed by atoms with Crippen molar-refractivity contribution in [1.29, 1.82) is 0 Å². The summed E-state index contributed by atoms with van der Waals surface area (Å²) < 4.78 is 4.83. The zero-order chi connectivity index (χ0) is 10.1. The van der Waals surface area contributed by atoms with E-state index < -0.39 is 6.10 Å². The lowest BCUT2D eigenvalue weighted by atomic mass is 10.4. The minimum absolute atomic E-state index is 0.0398. The molecule has 0 saturated heterocycles. The number of aliphatic hydroxyl groups excluding tert-OH is 1. The number of aliphatic hydroxyl groups is 1. The Morgan fingerprint density at radius 2 is 2.38 bits per heavy atom. The summed E-state index contributed by atoms with van der Waals surface area (Å²) in [7, 11) is 1.63. The van der Waals surface area contributed by atoms with Gasteiger partial charge in [0.1, 0.15) is 0 Å². The fourth-order valence-corrected chi connectivity index (χ4v) is 1.34. The van der Waals surface area contributed by atoms with Crippen molar-refractivity contribution in [2.75, 3.05) is 31.8 Å². The van der Waals surface area contributed by atoms with Crippen molar-refractivity contribution < 1.29 is 14.6 Å². The summed E-state index contributed by atoms with van der Waals surface area (Å²) in [6.45, 7) is 2.62. The first kappa shape index (κ1) is 12.7. The Hall–Kier alpha value is -0.260. The Balaban J connectivity index is 3.20. The molecule has 0 saturated carbocycles. The Morgan fingerprint density at radius 3 is 2.92 bits per heavy atom. The smallest absolute Gasteiger partial charge is 0.230 e. The highest BCUT2D eigenvalue weighted by atomic mass is 32.2. The summed E-state index contributed by atoms with van der Waals surface area (Å²) in [5, 5.41) is 11.5. The molecule has 0 aliphatic heterocycles. The molecule has 0 aromatic carbocycles. The van der Waals surface area contributed by atoms with Gasteiger partial charge in [-0.1, -0.05) is 0 Å². The number of thioether (sulfide) groups is 1. The first-order valence-corrected chi connectivity index (χ1v) is 5.33. The number of rotatable bonds is 7. The van der Waals surface area contributed by atoms with Crippen LogP contribution in [0.4, 0.5) is 0 Å². The molecule has 0 aliphatic carbocycles. The van der Waals surface area contributed by atoms with Crippen molar-refractivity contribution in [3.8, 4) is 0 Å². The van der Waals surface area contributed by atoms with Crippen LogP contribution in [0.5, 0.6) is 0 Å². The molecular weight excluding hydrogens is 190 g/mol. The number of methoxy groups -OCH3 is 1. The topological polar surface area (TPSA) is 58.6 Å². The van der Waals surface area contributed by atoms with Crippen molar-refractivity contribution >= 4 is 17.7 Å². The summed E-state index contributed by atoms with van der Waals surface area (Å²) in [6.07, 6.45) is -0.479. The lowest BCUT2D eigenvalue weighted by molar-refractivity contribution is -0.118. The molecule has 1 amide bonds. The Bertz CT molecular complexity index is 141. The molecule has 0 bridgehead atoms. The molecule has 78 valence electrons. The van der Waals surface area contributed by atoms with Gasteiger partial charge in [0, 0.05) is 19.4 Å². The van der Waals surface area contributed by atoms with Crippen molar-refractivity contribution in [1.82, 2.24) is 5.32 Å². The van der Waals surface area contributed by atoms with Gasteiger partial charge in [-0.2, -0.15) is 0 Å². The molecular formula is C8H17NO3S. The van der Waals surface area contributed by atoms with Crippen LogP contribution in [0.3, 0.4) is 0 Å². The zero-order valence-electron chi connectivity index (χ0n) is 8.08. The fourth-order valence-electron chi connectivity index (χ4n) is 0.620. The maximum atomic E-state index is 11.0. The third-order valence-corrected chi connectivity index (χ3v) is 2.18. The molecule has 0 heterocycles. The second kappa shape index (κ2) is 8.34. The Kier molecular flexibility index (Phi) is 8.18. The van der Waals surface area contributed by atoms with E-state index in [0.29, 0.717) is 18.9 Å². The van der Waals surface area contributed by atoms with E-state index >= 15 is 0 Å². The first-order valence-electron chi connectivity index (χ1n) is 4.18. The highest BCUT2D eigenvalue weighted by molar-refractivity contribution is 7.99. The van der Waals surface area contributed by atoms with E-state index in [-0.39, 0.29) is 5.91 Å². The predicted molar refractivity (Wildman–Crippen MR) is 53.9 cm³/mol. The summed E-state index contributed by atoms with van der Waals surface area (Å²) in [4.78, 5) is 11.0. The zero-order valence-corrected chi connectivity index (χ0v) is 8.89. The summed E-state index contributed by atoms with van der Waals surface area (Å²) in [6, 6.07) is 0. The minimum atomic E-state index is -0.479. The largest absolute Gasteiger partial charge is 0.392 e. The van der Waals surface area contributed by atoms with Gasteiger partial charge in [-0.25, -0.2) is 0 Å². The molecule has 0 spiro atoms. The number of carbonyl (C=O) groups is 1. The lowest BCUT2D eigenvalue weighted by Crippen LogP contribution is -2.31. The van der Waals surface area contributed by atoms with Crippen LogP contribution in [0.1, 0.15) is 6.92 Å². The van der Waals surface area contributed by atoms with Crippen molar-refractivity contribution in [3.63, 3.8) is 0 Å². The Labute approximate surface area is 83.0 Å². The lowest BCUT2D eigenvalue weighted by Gasteiger charge is -2.06. The van der Waals surface area contributed by atoms with Crippen LogP contribution in [0.15, 0.2) is 0 Å². The molecule has 1 unspecified atom stereocenters. The van der Waals surface area contributed by atoms with E-state index in [0.717, 1.165) is 5.75 Å². The summed E-state index contributed by atoms with van der Waals surface area (Å²) in [5.74, 6) is 1.20. The number of nitrogens with one attached hydrogen (secondary N) is 1. The van der Waals surface area contributed by atoms with Gasteiger partial charge in [0.15, 0.2) is 0 Å². The van der Waals surface area contributed by atoms with E-state index in [4.69, 9.17) is 9.84 Å². The molecule has 1 atom stereocenters. The van der Waals surface area contributed by atoms with Crippen LogP contribution in [0.2, 0.25) is 0 Å². The van der Waals surface area contributed by atoms with Crippen LogP contribution >= 0.6 is 11.8 Å². The van der Waals surface area contributed by atoms with Gasteiger partial charge < -0.3 is 15.2 Å². The van der Waals surface area contributed by atoms with Gasteiger partial charge in [0.25, 0.3) is 0 Å². The van der Waals surface area contributed by atoms with Crippen LogP contribution in [0.25, 0.3) is 0 Å². The van der Waals surface area contributed by atoms with Crippen molar-refractivity contribution in [3.05, 3.63) is 0 Å². The molecule has 4 nitrogen and oxygen atoms in total. The van der Waals surface area contributed by atoms with Crippen LogP contribution in [0, 0.1) is 0 Å². The highest BCUT2D eigenvalue weighted by Crippen LogP contribution is 1.97. The van der Waals surface area contributed by atoms with Crippen molar-refractivity contribution in [2.24, 2.45) is 0 Å². The summed E-state index contributed by atoms with van der Waals surface area (Å²) >= 11 is 1.52. The molecule has 0 rings (SSSR count). The van der Waals surface area contributed by atoms with Crippen molar-refractivity contribution in [2.45, 2.75) is 13.0 Å². The van der Waals surface area contributed by atoms with E-state index in [1.807, 2.05) is 0 Å². The number of amides is 1. The van der Waals surface area contributed by atoms with Gasteiger partial charge in [-0.15, -0.1) is 11.8 Å².